The van der Waals surface area contributed by atoms with Crippen LogP contribution in [0.25, 0.3) is 0 Å². The lowest BCUT2D eigenvalue weighted by Gasteiger charge is -2.07. The molecule has 0 radical (unpaired) electrons. The van der Waals surface area contributed by atoms with Gasteiger partial charge >= 0.3 is 6.03 Å². The number of amides is 2. The Labute approximate surface area is 94.3 Å². The average molecular weight is 218 g/mol. The summed E-state index contributed by atoms with van der Waals surface area (Å²) >= 11 is 0. The number of ether oxygens (including phenoxy) is 1. The molecule has 2 amide bonds. The summed E-state index contributed by atoms with van der Waals surface area (Å²) in [6.45, 7) is 4.71. The molecule has 1 heterocycles. The molecule has 1 aliphatic rings. The Kier molecular flexibility index (Phi) is 3.10. The number of carbonyl (C=O) groups is 1. The molecule has 0 saturated heterocycles. The van der Waals surface area contributed by atoms with E-state index in [2.05, 4.69) is 17.2 Å². The van der Waals surface area contributed by atoms with Crippen molar-refractivity contribution in [3.05, 3.63) is 36.4 Å². The summed E-state index contributed by atoms with van der Waals surface area (Å²) in [4.78, 5) is 11.4. The predicted octanol–water partition coefficient (Wildman–Crippen LogP) is 1.93. The first-order valence-corrected chi connectivity index (χ1v) is 5.21. The second-order valence-corrected chi connectivity index (χ2v) is 3.54. The van der Waals surface area contributed by atoms with Crippen molar-refractivity contribution in [2.45, 2.75) is 6.42 Å². The second kappa shape index (κ2) is 4.70. The largest absolute Gasteiger partial charge is 0.493 e. The van der Waals surface area contributed by atoms with Gasteiger partial charge in [0.1, 0.15) is 5.75 Å². The summed E-state index contributed by atoms with van der Waals surface area (Å²) in [7, 11) is 0. The third kappa shape index (κ3) is 2.34. The molecule has 0 aliphatic carbocycles. The van der Waals surface area contributed by atoms with Crippen molar-refractivity contribution in [2.75, 3.05) is 18.5 Å². The van der Waals surface area contributed by atoms with E-state index in [1.807, 2.05) is 18.2 Å². The minimum atomic E-state index is -0.223. The molecule has 1 aromatic rings. The van der Waals surface area contributed by atoms with Crippen molar-refractivity contribution in [1.29, 1.82) is 0 Å². The van der Waals surface area contributed by atoms with Gasteiger partial charge in [0.15, 0.2) is 0 Å². The minimum Gasteiger partial charge on any atom is -0.493 e. The zero-order valence-electron chi connectivity index (χ0n) is 8.95. The van der Waals surface area contributed by atoms with Crippen LogP contribution in [0.3, 0.4) is 0 Å². The van der Waals surface area contributed by atoms with E-state index in [1.165, 1.54) is 0 Å². The van der Waals surface area contributed by atoms with Gasteiger partial charge in [0, 0.05) is 18.7 Å². The van der Waals surface area contributed by atoms with Crippen LogP contribution in [0.15, 0.2) is 30.9 Å². The van der Waals surface area contributed by atoms with Crippen LogP contribution in [-0.2, 0) is 6.42 Å². The van der Waals surface area contributed by atoms with Crippen LogP contribution in [0.4, 0.5) is 10.5 Å². The molecular formula is C12H14N2O2. The summed E-state index contributed by atoms with van der Waals surface area (Å²) in [6.07, 6.45) is 2.54. The van der Waals surface area contributed by atoms with Gasteiger partial charge in [0.2, 0.25) is 0 Å². The lowest BCUT2D eigenvalue weighted by molar-refractivity contribution is 0.253. The van der Waals surface area contributed by atoms with Gasteiger partial charge in [-0.2, -0.15) is 0 Å². The smallest absolute Gasteiger partial charge is 0.319 e. The molecule has 0 spiro atoms. The number of rotatable bonds is 3. The summed E-state index contributed by atoms with van der Waals surface area (Å²) < 4.78 is 5.38. The Morgan fingerprint density at radius 1 is 1.56 bits per heavy atom. The van der Waals surface area contributed by atoms with Gasteiger partial charge in [-0.1, -0.05) is 6.08 Å². The molecule has 0 unspecified atom stereocenters. The predicted molar refractivity (Wildman–Crippen MR) is 62.9 cm³/mol. The summed E-state index contributed by atoms with van der Waals surface area (Å²) in [5, 5.41) is 5.40. The molecule has 0 aromatic heterocycles. The normalized spacial score (nSPS) is 12.5. The monoisotopic (exact) mass is 218 g/mol. The lowest BCUT2D eigenvalue weighted by atomic mass is 10.1. The van der Waals surface area contributed by atoms with E-state index in [0.29, 0.717) is 6.54 Å². The highest BCUT2D eigenvalue weighted by molar-refractivity contribution is 5.89. The Hall–Kier alpha value is -1.97. The minimum absolute atomic E-state index is 0.223. The Morgan fingerprint density at radius 3 is 3.25 bits per heavy atom. The maximum atomic E-state index is 11.4. The van der Waals surface area contributed by atoms with Crippen molar-refractivity contribution < 1.29 is 9.53 Å². The maximum Gasteiger partial charge on any atom is 0.319 e. The molecule has 2 rings (SSSR count). The number of fused-ring (bicyclic) bond motifs is 1. The third-order valence-corrected chi connectivity index (χ3v) is 2.35. The molecular weight excluding hydrogens is 204 g/mol. The zero-order chi connectivity index (χ0) is 11.4. The van der Waals surface area contributed by atoms with E-state index in [-0.39, 0.29) is 6.03 Å². The molecule has 4 heteroatoms. The summed E-state index contributed by atoms with van der Waals surface area (Å²) in [6, 6.07) is 5.43. The topological polar surface area (TPSA) is 50.4 Å². The van der Waals surface area contributed by atoms with Gasteiger partial charge in [-0.25, -0.2) is 4.79 Å². The molecule has 2 N–H and O–H groups in total. The Morgan fingerprint density at radius 2 is 2.44 bits per heavy atom. The molecule has 0 bridgehead atoms. The number of urea groups is 1. The first kappa shape index (κ1) is 10.5. The molecule has 84 valence electrons. The standard InChI is InChI=1S/C12H14N2O2/c1-2-6-13-12(15)14-10-3-4-11-9(8-10)5-7-16-11/h2-4,8H,1,5-7H2,(H2,13,14,15). The van der Waals surface area contributed by atoms with E-state index in [9.17, 15) is 4.79 Å². The molecule has 0 saturated carbocycles. The first-order chi connectivity index (χ1) is 7.79. The lowest BCUT2D eigenvalue weighted by Crippen LogP contribution is -2.28. The quantitative estimate of drug-likeness (QED) is 0.761. The fourth-order valence-electron chi connectivity index (χ4n) is 1.60. The fraction of sp³-hybridized carbons (Fsp3) is 0.250. The van der Waals surface area contributed by atoms with Gasteiger partial charge in [0.25, 0.3) is 0 Å². The zero-order valence-corrected chi connectivity index (χ0v) is 8.95. The highest BCUT2D eigenvalue weighted by Crippen LogP contribution is 2.27. The highest BCUT2D eigenvalue weighted by Gasteiger charge is 2.12. The molecule has 0 fully saturated rings. The summed E-state index contributed by atoms with van der Waals surface area (Å²) in [5.74, 6) is 0.914. The molecule has 16 heavy (non-hydrogen) atoms. The Bertz CT molecular complexity index is 415. The number of carbonyl (C=O) groups excluding carboxylic acids is 1. The van der Waals surface area contributed by atoms with Crippen LogP contribution < -0.4 is 15.4 Å². The van der Waals surface area contributed by atoms with Crippen LogP contribution in [0.2, 0.25) is 0 Å². The van der Waals surface area contributed by atoms with Crippen molar-refractivity contribution in [3.63, 3.8) is 0 Å². The van der Waals surface area contributed by atoms with E-state index in [0.717, 1.165) is 30.0 Å². The summed E-state index contributed by atoms with van der Waals surface area (Å²) in [5.41, 5.74) is 1.92. The average Bonchev–Trinajstić information content (AvgIpc) is 2.73. The van der Waals surface area contributed by atoms with Crippen molar-refractivity contribution in [2.24, 2.45) is 0 Å². The van der Waals surface area contributed by atoms with Crippen molar-refractivity contribution in [1.82, 2.24) is 5.32 Å². The van der Waals surface area contributed by atoms with E-state index >= 15 is 0 Å². The fourth-order valence-corrected chi connectivity index (χ4v) is 1.60. The van der Waals surface area contributed by atoms with Gasteiger partial charge in [-0.15, -0.1) is 6.58 Å². The van der Waals surface area contributed by atoms with Crippen LogP contribution in [0, 0.1) is 0 Å². The second-order valence-electron chi connectivity index (χ2n) is 3.54. The van der Waals surface area contributed by atoms with Gasteiger partial charge in [0.05, 0.1) is 6.61 Å². The molecule has 1 aromatic carbocycles. The number of hydrogen-bond acceptors (Lipinski definition) is 2. The van der Waals surface area contributed by atoms with Crippen LogP contribution in [0.5, 0.6) is 5.75 Å². The number of anilines is 1. The van der Waals surface area contributed by atoms with Crippen LogP contribution in [-0.4, -0.2) is 19.2 Å². The van der Waals surface area contributed by atoms with Gasteiger partial charge in [-0.3, -0.25) is 0 Å². The van der Waals surface area contributed by atoms with Crippen LogP contribution in [0.1, 0.15) is 5.56 Å². The van der Waals surface area contributed by atoms with Gasteiger partial charge < -0.3 is 15.4 Å². The Balaban J connectivity index is 1.99. The van der Waals surface area contributed by atoms with Crippen LogP contribution >= 0.6 is 0 Å². The third-order valence-electron chi connectivity index (χ3n) is 2.35. The molecule has 1 aliphatic heterocycles. The first-order valence-electron chi connectivity index (χ1n) is 5.21. The van der Waals surface area contributed by atoms with Crippen molar-refractivity contribution in [3.8, 4) is 5.75 Å². The molecule has 0 atom stereocenters. The molecule has 4 nitrogen and oxygen atoms in total. The van der Waals surface area contributed by atoms with E-state index < -0.39 is 0 Å². The van der Waals surface area contributed by atoms with Gasteiger partial charge in [-0.05, 0) is 23.8 Å². The SMILES string of the molecule is C=CCNC(=O)Nc1ccc2c(c1)CCO2. The van der Waals surface area contributed by atoms with Crippen molar-refractivity contribution >= 4 is 11.7 Å². The maximum absolute atomic E-state index is 11.4. The highest BCUT2D eigenvalue weighted by atomic mass is 16.5. The van der Waals surface area contributed by atoms with E-state index in [1.54, 1.807) is 6.08 Å². The van der Waals surface area contributed by atoms with E-state index in [4.69, 9.17) is 4.74 Å². The number of benzene rings is 1. The number of hydrogen-bond donors (Lipinski definition) is 2. The number of nitrogens with one attached hydrogen (secondary N) is 2.